The molecule has 0 heterocycles. The summed E-state index contributed by atoms with van der Waals surface area (Å²) in [5.74, 6) is 0.692. The Morgan fingerprint density at radius 3 is 2.42 bits per heavy atom. The molecule has 0 unspecified atom stereocenters. The number of benzene rings is 2. The van der Waals surface area contributed by atoms with Crippen LogP contribution in [-0.4, -0.2) is 12.0 Å². The minimum atomic E-state index is -0.468. The monoisotopic (exact) mass is 351 g/mol. The SMILES string of the molecule is CC[C@H](NC(=O)[C@@H](CC)Oc1ccccc1)c1ccc2c(c1)CCCC2. The van der Waals surface area contributed by atoms with Crippen LogP contribution in [0, 0.1) is 0 Å². The number of nitrogens with one attached hydrogen (secondary N) is 1. The van der Waals surface area contributed by atoms with E-state index in [-0.39, 0.29) is 11.9 Å². The van der Waals surface area contributed by atoms with Gasteiger partial charge in [-0.15, -0.1) is 0 Å². The van der Waals surface area contributed by atoms with E-state index in [1.54, 1.807) is 0 Å². The molecule has 3 rings (SSSR count). The van der Waals surface area contributed by atoms with Gasteiger partial charge in [-0.1, -0.05) is 50.2 Å². The first-order valence-corrected chi connectivity index (χ1v) is 9.85. The molecule has 2 aromatic rings. The Hall–Kier alpha value is -2.29. The van der Waals surface area contributed by atoms with Gasteiger partial charge in [0.1, 0.15) is 5.75 Å². The molecule has 0 fully saturated rings. The van der Waals surface area contributed by atoms with Crippen LogP contribution in [0.4, 0.5) is 0 Å². The number of carbonyl (C=O) groups is 1. The van der Waals surface area contributed by atoms with Gasteiger partial charge in [0.15, 0.2) is 6.10 Å². The molecular weight excluding hydrogens is 322 g/mol. The van der Waals surface area contributed by atoms with Crippen LogP contribution in [-0.2, 0) is 17.6 Å². The lowest BCUT2D eigenvalue weighted by Gasteiger charge is -2.24. The number of rotatable bonds is 7. The van der Waals surface area contributed by atoms with E-state index >= 15 is 0 Å². The number of ether oxygens (including phenoxy) is 1. The van der Waals surface area contributed by atoms with E-state index in [0.717, 1.165) is 18.6 Å². The lowest BCUT2D eigenvalue weighted by Crippen LogP contribution is -2.40. The standard InChI is InChI=1S/C23H29NO2/c1-3-21(19-15-14-17-10-8-9-11-18(17)16-19)24-23(25)22(4-2)26-20-12-6-5-7-13-20/h5-7,12-16,21-22H,3-4,8-11H2,1-2H3,(H,24,25)/t21-,22+/m0/s1. The molecule has 0 radical (unpaired) electrons. The van der Waals surface area contributed by atoms with Gasteiger partial charge in [0.2, 0.25) is 0 Å². The van der Waals surface area contributed by atoms with E-state index < -0.39 is 6.10 Å². The summed E-state index contributed by atoms with van der Waals surface area (Å²) in [6.45, 7) is 4.09. The van der Waals surface area contributed by atoms with Gasteiger partial charge < -0.3 is 10.1 Å². The van der Waals surface area contributed by atoms with Gasteiger partial charge in [0, 0.05) is 0 Å². The minimum absolute atomic E-state index is 0.0307. The van der Waals surface area contributed by atoms with E-state index in [9.17, 15) is 4.79 Å². The minimum Gasteiger partial charge on any atom is -0.481 e. The maximum atomic E-state index is 12.8. The van der Waals surface area contributed by atoms with E-state index in [4.69, 9.17) is 4.74 Å². The van der Waals surface area contributed by atoms with Gasteiger partial charge in [-0.25, -0.2) is 0 Å². The van der Waals surface area contributed by atoms with Crippen LogP contribution in [0.25, 0.3) is 0 Å². The lowest BCUT2D eigenvalue weighted by atomic mass is 9.88. The predicted octanol–water partition coefficient (Wildman–Crippen LogP) is 4.99. The molecule has 2 atom stereocenters. The zero-order valence-corrected chi connectivity index (χ0v) is 15.8. The number of fused-ring (bicyclic) bond motifs is 1. The number of hydrogen-bond donors (Lipinski definition) is 1. The Morgan fingerprint density at radius 1 is 1.00 bits per heavy atom. The summed E-state index contributed by atoms with van der Waals surface area (Å²) in [7, 11) is 0. The number of para-hydroxylation sites is 1. The molecule has 1 N–H and O–H groups in total. The van der Waals surface area contributed by atoms with Crippen molar-refractivity contribution in [1.29, 1.82) is 0 Å². The van der Waals surface area contributed by atoms with Crippen molar-refractivity contribution in [2.75, 3.05) is 0 Å². The van der Waals surface area contributed by atoms with Crippen molar-refractivity contribution in [3.05, 3.63) is 65.2 Å². The Bertz CT molecular complexity index is 726. The molecule has 2 aromatic carbocycles. The first-order chi connectivity index (χ1) is 12.7. The molecule has 0 aliphatic heterocycles. The quantitative estimate of drug-likeness (QED) is 0.763. The second-order valence-electron chi connectivity index (χ2n) is 7.03. The maximum Gasteiger partial charge on any atom is 0.261 e. The van der Waals surface area contributed by atoms with Crippen molar-refractivity contribution in [2.45, 2.75) is 64.5 Å². The summed E-state index contributed by atoms with van der Waals surface area (Å²) >= 11 is 0. The highest BCUT2D eigenvalue weighted by Crippen LogP contribution is 2.26. The number of amides is 1. The summed E-state index contributed by atoms with van der Waals surface area (Å²) in [6, 6.07) is 16.3. The van der Waals surface area contributed by atoms with Gasteiger partial charge in [0.25, 0.3) is 5.91 Å². The molecule has 138 valence electrons. The fourth-order valence-corrected chi connectivity index (χ4v) is 3.64. The zero-order chi connectivity index (χ0) is 18.4. The van der Waals surface area contributed by atoms with Crippen LogP contribution >= 0.6 is 0 Å². The fourth-order valence-electron chi connectivity index (χ4n) is 3.64. The van der Waals surface area contributed by atoms with E-state index in [1.165, 1.54) is 36.0 Å². The number of aryl methyl sites for hydroxylation is 2. The van der Waals surface area contributed by atoms with Crippen LogP contribution in [0.5, 0.6) is 5.75 Å². The smallest absolute Gasteiger partial charge is 0.261 e. The molecule has 0 aromatic heterocycles. The molecule has 0 saturated heterocycles. The third-order valence-corrected chi connectivity index (χ3v) is 5.18. The third kappa shape index (κ3) is 4.46. The molecule has 0 bridgehead atoms. The van der Waals surface area contributed by atoms with Crippen LogP contribution < -0.4 is 10.1 Å². The maximum absolute atomic E-state index is 12.8. The Balaban J connectivity index is 1.69. The van der Waals surface area contributed by atoms with Crippen molar-refractivity contribution >= 4 is 5.91 Å². The molecule has 1 aliphatic rings. The highest BCUT2D eigenvalue weighted by atomic mass is 16.5. The third-order valence-electron chi connectivity index (χ3n) is 5.18. The van der Waals surface area contributed by atoms with Gasteiger partial charge in [0.05, 0.1) is 6.04 Å². The Morgan fingerprint density at radius 2 is 1.73 bits per heavy atom. The van der Waals surface area contributed by atoms with Crippen molar-refractivity contribution in [3.63, 3.8) is 0 Å². The number of hydrogen-bond acceptors (Lipinski definition) is 2. The van der Waals surface area contributed by atoms with Gasteiger partial charge in [-0.05, 0) is 67.3 Å². The topological polar surface area (TPSA) is 38.3 Å². The lowest BCUT2D eigenvalue weighted by molar-refractivity contribution is -0.128. The molecule has 1 amide bonds. The summed E-state index contributed by atoms with van der Waals surface area (Å²) in [4.78, 5) is 12.8. The van der Waals surface area contributed by atoms with Crippen LogP contribution in [0.1, 0.15) is 62.3 Å². The van der Waals surface area contributed by atoms with Crippen molar-refractivity contribution in [2.24, 2.45) is 0 Å². The first-order valence-electron chi connectivity index (χ1n) is 9.85. The molecular formula is C23H29NO2. The molecule has 0 saturated carbocycles. The van der Waals surface area contributed by atoms with E-state index in [0.29, 0.717) is 6.42 Å². The second-order valence-corrected chi connectivity index (χ2v) is 7.03. The summed E-state index contributed by atoms with van der Waals surface area (Å²) in [6.07, 6.45) is 5.93. The Kier molecular flexibility index (Phi) is 6.32. The van der Waals surface area contributed by atoms with Crippen molar-refractivity contribution < 1.29 is 9.53 Å². The average Bonchev–Trinajstić information content (AvgIpc) is 2.70. The van der Waals surface area contributed by atoms with Crippen LogP contribution in [0.15, 0.2) is 48.5 Å². The number of carbonyl (C=O) groups excluding carboxylic acids is 1. The molecule has 3 nitrogen and oxygen atoms in total. The van der Waals surface area contributed by atoms with E-state index in [2.05, 4.69) is 30.4 Å². The summed E-state index contributed by atoms with van der Waals surface area (Å²) in [5.41, 5.74) is 4.13. The van der Waals surface area contributed by atoms with Crippen molar-refractivity contribution in [1.82, 2.24) is 5.32 Å². The second kappa shape index (κ2) is 8.88. The van der Waals surface area contributed by atoms with Crippen LogP contribution in [0.3, 0.4) is 0 Å². The van der Waals surface area contributed by atoms with Crippen LogP contribution in [0.2, 0.25) is 0 Å². The molecule has 1 aliphatic carbocycles. The molecule has 26 heavy (non-hydrogen) atoms. The molecule has 3 heteroatoms. The zero-order valence-electron chi connectivity index (χ0n) is 15.8. The highest BCUT2D eigenvalue weighted by molar-refractivity contribution is 5.81. The van der Waals surface area contributed by atoms with Crippen molar-refractivity contribution in [3.8, 4) is 5.75 Å². The van der Waals surface area contributed by atoms with E-state index in [1.807, 2.05) is 37.3 Å². The molecule has 0 spiro atoms. The highest BCUT2D eigenvalue weighted by Gasteiger charge is 2.22. The largest absolute Gasteiger partial charge is 0.481 e. The predicted molar refractivity (Wildman–Crippen MR) is 105 cm³/mol. The van der Waals surface area contributed by atoms with Gasteiger partial charge in [-0.2, -0.15) is 0 Å². The average molecular weight is 351 g/mol. The van der Waals surface area contributed by atoms with Gasteiger partial charge >= 0.3 is 0 Å². The Labute approximate surface area is 156 Å². The summed E-state index contributed by atoms with van der Waals surface area (Å²) < 4.78 is 5.89. The fraction of sp³-hybridized carbons (Fsp3) is 0.435. The summed E-state index contributed by atoms with van der Waals surface area (Å²) in [5, 5.41) is 3.20. The first kappa shape index (κ1) is 18.5. The van der Waals surface area contributed by atoms with Gasteiger partial charge in [-0.3, -0.25) is 4.79 Å². The normalized spacial score (nSPS) is 15.6.